The fraction of sp³-hybridized carbons (Fsp3) is 1.00. The van der Waals surface area contributed by atoms with Crippen molar-refractivity contribution in [1.82, 2.24) is 0 Å². The van der Waals surface area contributed by atoms with Gasteiger partial charge in [0.1, 0.15) is 0 Å². The number of hydrogen-bond donors (Lipinski definition) is 1. The van der Waals surface area contributed by atoms with Gasteiger partial charge in [-0.3, -0.25) is 0 Å². The summed E-state index contributed by atoms with van der Waals surface area (Å²) in [6.45, 7) is 3.63. The van der Waals surface area contributed by atoms with Gasteiger partial charge in [-0.15, -0.1) is 0 Å². The molecule has 3 heteroatoms. The molecule has 1 rings (SSSR count). The van der Waals surface area contributed by atoms with E-state index in [1.165, 1.54) is 0 Å². The molecule has 1 unspecified atom stereocenters. The van der Waals surface area contributed by atoms with Crippen molar-refractivity contribution in [3.63, 3.8) is 0 Å². The Bertz CT molecular complexity index is 86.9. The van der Waals surface area contributed by atoms with Crippen LogP contribution in [0.5, 0.6) is 0 Å². The van der Waals surface area contributed by atoms with Crippen LogP contribution in [0.3, 0.4) is 0 Å². The molecule has 0 aromatic heterocycles. The maximum Gasteiger partial charge on any atom is 0.0831 e. The van der Waals surface area contributed by atoms with Crippen LogP contribution in [-0.2, 0) is 9.47 Å². The molecule has 1 heterocycles. The average molecular weight is 146 g/mol. The maximum atomic E-state index is 8.85. The first-order valence-corrected chi connectivity index (χ1v) is 3.66. The van der Waals surface area contributed by atoms with Crippen molar-refractivity contribution in [2.45, 2.75) is 25.6 Å². The molecule has 1 saturated heterocycles. The van der Waals surface area contributed by atoms with E-state index in [1.807, 2.05) is 0 Å². The third-order valence-corrected chi connectivity index (χ3v) is 1.46. The van der Waals surface area contributed by atoms with Gasteiger partial charge < -0.3 is 14.6 Å². The summed E-state index contributed by atoms with van der Waals surface area (Å²) in [6.07, 6.45) is 0.822. The molecule has 0 saturated carbocycles. The zero-order valence-electron chi connectivity index (χ0n) is 6.25. The molecule has 2 atom stereocenters. The highest BCUT2D eigenvalue weighted by Gasteiger charge is 2.15. The summed E-state index contributed by atoms with van der Waals surface area (Å²) in [5.41, 5.74) is 0. The molecule has 3 nitrogen and oxygen atoms in total. The Morgan fingerprint density at radius 3 is 3.10 bits per heavy atom. The van der Waals surface area contributed by atoms with Crippen molar-refractivity contribution in [3.8, 4) is 0 Å². The standard InChI is InChI=1S/C7H14O3/c1-6(8)4-10-7-2-3-9-5-7/h6-8H,2-5H2,1H3/t6-,7?/m0/s1. The van der Waals surface area contributed by atoms with Gasteiger partial charge in [0.2, 0.25) is 0 Å². The van der Waals surface area contributed by atoms with Crippen LogP contribution in [0, 0.1) is 0 Å². The van der Waals surface area contributed by atoms with E-state index < -0.39 is 0 Å². The van der Waals surface area contributed by atoms with Crippen LogP contribution in [-0.4, -0.2) is 37.1 Å². The molecule has 1 aliphatic heterocycles. The quantitative estimate of drug-likeness (QED) is 0.617. The average Bonchev–Trinajstić information content (AvgIpc) is 2.34. The number of ether oxygens (including phenoxy) is 2. The Morgan fingerprint density at radius 2 is 2.60 bits per heavy atom. The van der Waals surface area contributed by atoms with Crippen molar-refractivity contribution in [2.75, 3.05) is 19.8 Å². The van der Waals surface area contributed by atoms with E-state index in [0.29, 0.717) is 13.2 Å². The van der Waals surface area contributed by atoms with Gasteiger partial charge in [0.05, 0.1) is 25.4 Å². The van der Waals surface area contributed by atoms with E-state index in [-0.39, 0.29) is 12.2 Å². The SMILES string of the molecule is C[C@H](O)COC1CCOC1. The highest BCUT2D eigenvalue weighted by Crippen LogP contribution is 2.07. The predicted molar refractivity (Wildman–Crippen MR) is 36.9 cm³/mol. The second kappa shape index (κ2) is 3.91. The molecule has 0 radical (unpaired) electrons. The lowest BCUT2D eigenvalue weighted by molar-refractivity contribution is -0.00602. The summed E-state index contributed by atoms with van der Waals surface area (Å²) in [5.74, 6) is 0. The predicted octanol–water partition coefficient (Wildman–Crippen LogP) is 0.173. The zero-order chi connectivity index (χ0) is 7.40. The van der Waals surface area contributed by atoms with Gasteiger partial charge in [-0.25, -0.2) is 0 Å². The first kappa shape index (κ1) is 7.98. The lowest BCUT2D eigenvalue weighted by Crippen LogP contribution is -2.19. The van der Waals surface area contributed by atoms with Crippen LogP contribution in [0.2, 0.25) is 0 Å². The van der Waals surface area contributed by atoms with E-state index in [4.69, 9.17) is 14.6 Å². The molecular formula is C7H14O3. The Hall–Kier alpha value is -0.120. The first-order valence-electron chi connectivity index (χ1n) is 3.66. The van der Waals surface area contributed by atoms with Gasteiger partial charge in [0, 0.05) is 6.61 Å². The van der Waals surface area contributed by atoms with Crippen LogP contribution in [0.4, 0.5) is 0 Å². The number of hydrogen-bond acceptors (Lipinski definition) is 3. The van der Waals surface area contributed by atoms with E-state index in [2.05, 4.69) is 0 Å². The summed E-state index contributed by atoms with van der Waals surface area (Å²) in [6, 6.07) is 0. The largest absolute Gasteiger partial charge is 0.391 e. The zero-order valence-corrected chi connectivity index (χ0v) is 6.25. The second-order valence-corrected chi connectivity index (χ2v) is 2.67. The van der Waals surface area contributed by atoms with Gasteiger partial charge in [-0.05, 0) is 13.3 Å². The monoisotopic (exact) mass is 146 g/mol. The van der Waals surface area contributed by atoms with Gasteiger partial charge in [0.15, 0.2) is 0 Å². The van der Waals surface area contributed by atoms with Crippen molar-refractivity contribution in [2.24, 2.45) is 0 Å². The smallest absolute Gasteiger partial charge is 0.0831 e. The molecule has 0 amide bonds. The summed E-state index contributed by atoms with van der Waals surface area (Å²) < 4.78 is 10.4. The fourth-order valence-corrected chi connectivity index (χ4v) is 0.920. The minimum atomic E-state index is -0.361. The second-order valence-electron chi connectivity index (χ2n) is 2.67. The van der Waals surface area contributed by atoms with Gasteiger partial charge in [0.25, 0.3) is 0 Å². The van der Waals surface area contributed by atoms with Crippen LogP contribution >= 0.6 is 0 Å². The number of rotatable bonds is 3. The topological polar surface area (TPSA) is 38.7 Å². The highest BCUT2D eigenvalue weighted by molar-refractivity contribution is 4.63. The van der Waals surface area contributed by atoms with Gasteiger partial charge in [-0.2, -0.15) is 0 Å². The molecule has 0 aliphatic carbocycles. The lowest BCUT2D eigenvalue weighted by atomic mass is 10.3. The molecule has 0 aromatic carbocycles. The first-order chi connectivity index (χ1) is 4.79. The maximum absolute atomic E-state index is 8.85. The third kappa shape index (κ3) is 2.64. The van der Waals surface area contributed by atoms with Crippen molar-refractivity contribution in [1.29, 1.82) is 0 Å². The van der Waals surface area contributed by atoms with E-state index in [0.717, 1.165) is 13.0 Å². The van der Waals surface area contributed by atoms with Crippen molar-refractivity contribution in [3.05, 3.63) is 0 Å². The summed E-state index contributed by atoms with van der Waals surface area (Å²) in [5, 5.41) is 8.85. The van der Waals surface area contributed by atoms with Crippen LogP contribution in [0.25, 0.3) is 0 Å². The van der Waals surface area contributed by atoms with Crippen LogP contribution < -0.4 is 0 Å². The van der Waals surface area contributed by atoms with E-state index in [1.54, 1.807) is 6.92 Å². The van der Waals surface area contributed by atoms with Gasteiger partial charge in [-0.1, -0.05) is 0 Å². The third-order valence-electron chi connectivity index (χ3n) is 1.46. The Kier molecular flexibility index (Phi) is 3.12. The van der Waals surface area contributed by atoms with Crippen molar-refractivity contribution >= 4 is 0 Å². The van der Waals surface area contributed by atoms with Gasteiger partial charge >= 0.3 is 0 Å². The Balaban J connectivity index is 2.01. The molecule has 1 fully saturated rings. The van der Waals surface area contributed by atoms with E-state index >= 15 is 0 Å². The minimum absolute atomic E-state index is 0.217. The number of aliphatic hydroxyl groups excluding tert-OH is 1. The van der Waals surface area contributed by atoms with E-state index in [9.17, 15) is 0 Å². The molecule has 0 spiro atoms. The number of aliphatic hydroxyl groups is 1. The molecule has 1 N–H and O–H groups in total. The summed E-state index contributed by atoms with van der Waals surface area (Å²) >= 11 is 0. The summed E-state index contributed by atoms with van der Waals surface area (Å²) in [4.78, 5) is 0. The Labute approximate surface area is 60.9 Å². The highest BCUT2D eigenvalue weighted by atomic mass is 16.5. The van der Waals surface area contributed by atoms with Crippen LogP contribution in [0.1, 0.15) is 13.3 Å². The summed E-state index contributed by atoms with van der Waals surface area (Å²) in [7, 11) is 0. The lowest BCUT2D eigenvalue weighted by Gasteiger charge is -2.10. The molecule has 0 bridgehead atoms. The van der Waals surface area contributed by atoms with Crippen molar-refractivity contribution < 1.29 is 14.6 Å². The molecule has 1 aliphatic rings. The van der Waals surface area contributed by atoms with Crippen LogP contribution in [0.15, 0.2) is 0 Å². The molecule has 0 aromatic rings. The fourth-order valence-electron chi connectivity index (χ4n) is 0.920. The molecular weight excluding hydrogens is 132 g/mol. The normalized spacial score (nSPS) is 28.8. The molecule has 10 heavy (non-hydrogen) atoms. The minimum Gasteiger partial charge on any atom is -0.391 e. The Morgan fingerprint density at radius 1 is 1.80 bits per heavy atom. The molecule has 60 valence electrons.